The monoisotopic (exact) mass is 377 g/mol. The predicted octanol–water partition coefficient (Wildman–Crippen LogP) is 4.35. The van der Waals surface area contributed by atoms with Crippen molar-refractivity contribution < 1.29 is 12.8 Å². The lowest BCUT2D eigenvalue weighted by Crippen LogP contribution is -2.13. The van der Waals surface area contributed by atoms with Gasteiger partial charge in [0.2, 0.25) is 0 Å². The highest BCUT2D eigenvalue weighted by molar-refractivity contribution is 9.10. The summed E-state index contributed by atoms with van der Waals surface area (Å²) in [6, 6.07) is 8.31. The van der Waals surface area contributed by atoms with Crippen LogP contribution in [0.2, 0.25) is 5.02 Å². The van der Waals surface area contributed by atoms with Gasteiger partial charge >= 0.3 is 0 Å². The number of sulfonamides is 1. The minimum absolute atomic E-state index is 0.00422. The van der Waals surface area contributed by atoms with E-state index in [1.807, 2.05) is 0 Å². The normalized spacial score (nSPS) is 11.4. The Morgan fingerprint density at radius 2 is 1.90 bits per heavy atom. The second kappa shape index (κ2) is 5.71. The second-order valence-corrected chi connectivity index (χ2v) is 7.09. The van der Waals surface area contributed by atoms with Crippen LogP contribution in [0.4, 0.5) is 10.1 Å². The van der Waals surface area contributed by atoms with Crippen LogP contribution in [0.1, 0.15) is 5.56 Å². The van der Waals surface area contributed by atoms with Crippen molar-refractivity contribution >= 4 is 43.2 Å². The van der Waals surface area contributed by atoms with Gasteiger partial charge in [-0.1, -0.05) is 11.6 Å². The molecular formula is C13H10BrClFNO2S. The van der Waals surface area contributed by atoms with Crippen LogP contribution >= 0.6 is 27.5 Å². The first-order chi connectivity index (χ1) is 9.29. The minimum Gasteiger partial charge on any atom is -0.280 e. The van der Waals surface area contributed by atoms with Gasteiger partial charge in [-0.05, 0) is 64.8 Å². The van der Waals surface area contributed by atoms with Crippen LogP contribution in [0.25, 0.3) is 0 Å². The summed E-state index contributed by atoms with van der Waals surface area (Å²) < 4.78 is 40.6. The van der Waals surface area contributed by atoms with Gasteiger partial charge in [-0.2, -0.15) is 0 Å². The number of aryl methyl sites for hydroxylation is 1. The van der Waals surface area contributed by atoms with Crippen LogP contribution < -0.4 is 4.72 Å². The summed E-state index contributed by atoms with van der Waals surface area (Å²) in [5.74, 6) is -0.448. The van der Waals surface area contributed by atoms with Crippen molar-refractivity contribution in [2.45, 2.75) is 11.8 Å². The molecule has 0 bridgehead atoms. The zero-order chi connectivity index (χ0) is 14.9. The molecule has 1 N–H and O–H groups in total. The van der Waals surface area contributed by atoms with Crippen LogP contribution in [0, 0.1) is 12.7 Å². The largest absolute Gasteiger partial charge is 0.280 e. The third-order valence-corrected chi connectivity index (χ3v) is 5.22. The molecule has 106 valence electrons. The van der Waals surface area contributed by atoms with E-state index in [0.717, 1.165) is 6.07 Å². The lowest BCUT2D eigenvalue weighted by atomic mass is 10.2. The van der Waals surface area contributed by atoms with E-state index in [0.29, 0.717) is 15.2 Å². The number of benzene rings is 2. The first-order valence-electron chi connectivity index (χ1n) is 5.53. The van der Waals surface area contributed by atoms with Crippen LogP contribution in [0.3, 0.4) is 0 Å². The molecule has 0 aliphatic heterocycles. The quantitative estimate of drug-likeness (QED) is 0.863. The van der Waals surface area contributed by atoms with Crippen LogP contribution in [-0.4, -0.2) is 8.42 Å². The SMILES string of the molecule is Cc1cc(S(=O)(=O)Nc2ccc(Br)c(Cl)c2)ccc1F. The molecule has 0 heterocycles. The van der Waals surface area contributed by atoms with Crippen molar-refractivity contribution in [2.24, 2.45) is 0 Å². The van der Waals surface area contributed by atoms with Gasteiger partial charge in [0, 0.05) is 4.47 Å². The molecule has 0 spiro atoms. The molecule has 2 rings (SSSR count). The Balaban J connectivity index is 2.35. The summed E-state index contributed by atoms with van der Waals surface area (Å²) in [5.41, 5.74) is 0.599. The summed E-state index contributed by atoms with van der Waals surface area (Å²) in [4.78, 5) is -0.00422. The summed E-state index contributed by atoms with van der Waals surface area (Å²) in [7, 11) is -3.77. The second-order valence-electron chi connectivity index (χ2n) is 4.15. The van der Waals surface area contributed by atoms with Crippen molar-refractivity contribution in [1.82, 2.24) is 0 Å². The maximum absolute atomic E-state index is 13.2. The number of nitrogens with one attached hydrogen (secondary N) is 1. The highest BCUT2D eigenvalue weighted by Gasteiger charge is 2.15. The van der Waals surface area contributed by atoms with Crippen molar-refractivity contribution in [3.05, 3.63) is 57.3 Å². The Kier molecular flexibility index (Phi) is 4.36. The fourth-order valence-electron chi connectivity index (χ4n) is 1.56. The fraction of sp³-hybridized carbons (Fsp3) is 0.0769. The average Bonchev–Trinajstić information content (AvgIpc) is 2.37. The number of rotatable bonds is 3. The third kappa shape index (κ3) is 3.31. The molecule has 0 aliphatic carbocycles. The third-order valence-electron chi connectivity index (χ3n) is 2.61. The van der Waals surface area contributed by atoms with Gasteiger partial charge in [0.05, 0.1) is 15.6 Å². The van der Waals surface area contributed by atoms with E-state index in [1.54, 1.807) is 12.1 Å². The molecule has 2 aromatic carbocycles. The smallest absolute Gasteiger partial charge is 0.261 e. The standard InChI is InChI=1S/C13H10BrClFNO2S/c1-8-6-10(3-5-13(8)16)20(18,19)17-9-2-4-11(14)12(15)7-9/h2-7,17H,1H3. The lowest BCUT2D eigenvalue weighted by Gasteiger charge is -2.09. The molecule has 7 heteroatoms. The first kappa shape index (κ1) is 15.3. The molecule has 0 aromatic heterocycles. The minimum atomic E-state index is -3.77. The number of hydrogen-bond donors (Lipinski definition) is 1. The summed E-state index contributed by atoms with van der Waals surface area (Å²) >= 11 is 9.12. The van der Waals surface area contributed by atoms with Crippen molar-refractivity contribution in [2.75, 3.05) is 4.72 Å². The van der Waals surface area contributed by atoms with E-state index < -0.39 is 15.8 Å². The molecule has 0 radical (unpaired) electrons. The predicted molar refractivity (Wildman–Crippen MR) is 81.1 cm³/mol. The Morgan fingerprint density at radius 3 is 2.50 bits per heavy atom. The van der Waals surface area contributed by atoms with E-state index in [9.17, 15) is 12.8 Å². The van der Waals surface area contributed by atoms with Crippen molar-refractivity contribution in [1.29, 1.82) is 0 Å². The number of anilines is 1. The molecule has 0 atom stereocenters. The average molecular weight is 379 g/mol. The Hall–Kier alpha value is -1.11. The topological polar surface area (TPSA) is 46.2 Å². The Labute approximate surface area is 130 Å². The zero-order valence-electron chi connectivity index (χ0n) is 10.3. The van der Waals surface area contributed by atoms with Crippen molar-refractivity contribution in [3.8, 4) is 0 Å². The number of hydrogen-bond acceptors (Lipinski definition) is 2. The summed E-state index contributed by atoms with van der Waals surface area (Å²) in [5, 5.41) is 0.389. The molecule has 0 aliphatic rings. The maximum atomic E-state index is 13.2. The van der Waals surface area contributed by atoms with E-state index in [4.69, 9.17) is 11.6 Å². The van der Waals surface area contributed by atoms with Crippen LogP contribution in [0.5, 0.6) is 0 Å². The highest BCUT2D eigenvalue weighted by Crippen LogP contribution is 2.27. The van der Waals surface area contributed by atoms with E-state index in [1.165, 1.54) is 25.1 Å². The van der Waals surface area contributed by atoms with E-state index in [-0.39, 0.29) is 10.5 Å². The van der Waals surface area contributed by atoms with E-state index >= 15 is 0 Å². The van der Waals surface area contributed by atoms with Gasteiger partial charge in [-0.25, -0.2) is 12.8 Å². The van der Waals surface area contributed by atoms with Gasteiger partial charge in [-0.3, -0.25) is 4.72 Å². The summed E-state index contributed by atoms with van der Waals surface area (Å²) in [6.45, 7) is 1.50. The molecule has 20 heavy (non-hydrogen) atoms. The van der Waals surface area contributed by atoms with Gasteiger partial charge in [0.25, 0.3) is 10.0 Å². The molecule has 0 saturated heterocycles. The van der Waals surface area contributed by atoms with Gasteiger partial charge in [0.15, 0.2) is 0 Å². The lowest BCUT2D eigenvalue weighted by molar-refractivity contribution is 0.598. The molecule has 0 amide bonds. The summed E-state index contributed by atoms with van der Waals surface area (Å²) in [6.07, 6.45) is 0. The van der Waals surface area contributed by atoms with Crippen LogP contribution in [0.15, 0.2) is 45.8 Å². The zero-order valence-corrected chi connectivity index (χ0v) is 13.5. The van der Waals surface area contributed by atoms with Gasteiger partial charge in [0.1, 0.15) is 5.82 Å². The van der Waals surface area contributed by atoms with Crippen molar-refractivity contribution in [3.63, 3.8) is 0 Å². The maximum Gasteiger partial charge on any atom is 0.261 e. The molecule has 0 unspecified atom stereocenters. The Bertz CT molecular complexity index is 765. The number of halogens is 3. The first-order valence-corrected chi connectivity index (χ1v) is 8.19. The van der Waals surface area contributed by atoms with Crippen LogP contribution in [-0.2, 0) is 10.0 Å². The van der Waals surface area contributed by atoms with E-state index in [2.05, 4.69) is 20.7 Å². The van der Waals surface area contributed by atoms with Gasteiger partial charge < -0.3 is 0 Å². The highest BCUT2D eigenvalue weighted by atomic mass is 79.9. The molecule has 0 fully saturated rings. The molecule has 3 nitrogen and oxygen atoms in total. The molecular weight excluding hydrogens is 369 g/mol. The Morgan fingerprint density at radius 1 is 1.20 bits per heavy atom. The molecule has 2 aromatic rings. The molecule has 0 saturated carbocycles. The fourth-order valence-corrected chi connectivity index (χ4v) is 3.12. The van der Waals surface area contributed by atoms with Gasteiger partial charge in [-0.15, -0.1) is 0 Å².